The van der Waals surface area contributed by atoms with Crippen molar-refractivity contribution in [1.82, 2.24) is 5.73 Å². The van der Waals surface area contributed by atoms with E-state index in [4.69, 9.17) is 5.73 Å². The maximum Gasteiger partial charge on any atom is 0.0213 e. The lowest BCUT2D eigenvalue weighted by atomic mass is 9.85. The van der Waals surface area contributed by atoms with Crippen molar-refractivity contribution in [2.24, 2.45) is 5.92 Å². The van der Waals surface area contributed by atoms with Crippen molar-refractivity contribution in [3.63, 3.8) is 0 Å². The molecule has 0 aromatic heterocycles. The predicted octanol–water partition coefficient (Wildman–Crippen LogP) is 2.24. The van der Waals surface area contributed by atoms with Gasteiger partial charge in [0.25, 0.3) is 0 Å². The van der Waals surface area contributed by atoms with Gasteiger partial charge in [-0.1, -0.05) is 19.3 Å². The zero-order valence-electron chi connectivity index (χ0n) is 6.19. The molecule has 1 N–H and O–H groups in total. The lowest BCUT2D eigenvalue weighted by Crippen LogP contribution is -2.20. The fraction of sp³-hybridized carbons (Fsp3) is 1.00. The maximum absolute atomic E-state index is 7.47. The largest absolute Gasteiger partial charge is 0.255 e. The van der Waals surface area contributed by atoms with E-state index in [0.717, 1.165) is 5.92 Å². The number of hydrogen-bond donors (Lipinski definition) is 0. The first-order chi connectivity index (χ1) is 4.30. The summed E-state index contributed by atoms with van der Waals surface area (Å²) in [7, 11) is 0. The molecule has 1 aliphatic rings. The normalized spacial score (nSPS) is 26.0. The molecule has 0 bridgehead atoms. The standard InChI is InChI=1S/C8H16N/c1-7(9)8-5-3-2-4-6-8/h7-9H,2-6H2,1H3/t7-/m0/s1. The molecule has 0 amide bonds. The average molecular weight is 126 g/mol. The van der Waals surface area contributed by atoms with Gasteiger partial charge in [0.05, 0.1) is 0 Å². The van der Waals surface area contributed by atoms with E-state index in [1.54, 1.807) is 0 Å². The first kappa shape index (κ1) is 7.07. The van der Waals surface area contributed by atoms with Crippen LogP contribution >= 0.6 is 0 Å². The van der Waals surface area contributed by atoms with Crippen LogP contribution in [0.15, 0.2) is 0 Å². The highest BCUT2D eigenvalue weighted by Crippen LogP contribution is 2.25. The summed E-state index contributed by atoms with van der Waals surface area (Å²) in [6.07, 6.45) is 6.76. The van der Waals surface area contributed by atoms with Crippen LogP contribution in [0.1, 0.15) is 39.0 Å². The minimum Gasteiger partial charge on any atom is -0.255 e. The zero-order valence-corrected chi connectivity index (χ0v) is 6.19. The quantitative estimate of drug-likeness (QED) is 0.514. The third-order valence-electron chi connectivity index (χ3n) is 2.36. The van der Waals surface area contributed by atoms with Crippen LogP contribution in [-0.4, -0.2) is 6.04 Å². The lowest BCUT2D eigenvalue weighted by molar-refractivity contribution is 0.312. The fourth-order valence-corrected chi connectivity index (χ4v) is 1.63. The van der Waals surface area contributed by atoms with Crippen molar-refractivity contribution >= 4 is 0 Å². The van der Waals surface area contributed by atoms with Crippen LogP contribution in [0.4, 0.5) is 0 Å². The summed E-state index contributed by atoms with van der Waals surface area (Å²) in [4.78, 5) is 0. The molecule has 1 heteroatoms. The molecule has 1 rings (SSSR count). The SMILES string of the molecule is C[C@H]([NH])C1CCCCC1. The zero-order chi connectivity index (χ0) is 6.69. The van der Waals surface area contributed by atoms with Crippen LogP contribution < -0.4 is 5.73 Å². The third-order valence-corrected chi connectivity index (χ3v) is 2.36. The van der Waals surface area contributed by atoms with Crippen molar-refractivity contribution in [2.75, 3.05) is 0 Å². The van der Waals surface area contributed by atoms with E-state index in [0.29, 0.717) is 0 Å². The van der Waals surface area contributed by atoms with Gasteiger partial charge >= 0.3 is 0 Å². The van der Waals surface area contributed by atoms with E-state index in [1.165, 1.54) is 32.1 Å². The van der Waals surface area contributed by atoms with E-state index >= 15 is 0 Å². The van der Waals surface area contributed by atoms with Crippen molar-refractivity contribution in [3.8, 4) is 0 Å². The molecule has 0 aromatic carbocycles. The Hall–Kier alpha value is -0.0400. The molecule has 1 aliphatic carbocycles. The van der Waals surface area contributed by atoms with Crippen molar-refractivity contribution in [1.29, 1.82) is 0 Å². The summed E-state index contributed by atoms with van der Waals surface area (Å²) in [6.45, 7) is 2.02. The maximum atomic E-state index is 7.47. The Morgan fingerprint density at radius 2 is 1.78 bits per heavy atom. The topological polar surface area (TPSA) is 23.8 Å². The summed E-state index contributed by atoms with van der Waals surface area (Å²) < 4.78 is 0. The molecule has 1 atom stereocenters. The molecular weight excluding hydrogens is 110 g/mol. The van der Waals surface area contributed by atoms with Crippen LogP contribution in [0.2, 0.25) is 0 Å². The molecule has 0 aromatic rings. The molecule has 1 fully saturated rings. The van der Waals surface area contributed by atoms with Crippen molar-refractivity contribution in [3.05, 3.63) is 0 Å². The highest BCUT2D eigenvalue weighted by molar-refractivity contribution is 4.71. The molecular formula is C8H16N. The Balaban J connectivity index is 2.23. The number of rotatable bonds is 1. The Bertz CT molecular complexity index is 72.6. The summed E-state index contributed by atoms with van der Waals surface area (Å²) in [5.74, 6) is 0.721. The summed E-state index contributed by atoms with van der Waals surface area (Å²) in [5.41, 5.74) is 7.47. The Labute approximate surface area is 57.6 Å². The third kappa shape index (κ3) is 1.98. The second-order valence-electron chi connectivity index (χ2n) is 3.19. The molecule has 0 saturated heterocycles. The lowest BCUT2D eigenvalue weighted by Gasteiger charge is -2.23. The highest BCUT2D eigenvalue weighted by atomic mass is 14.6. The average Bonchev–Trinajstić information content (AvgIpc) is 1.90. The summed E-state index contributed by atoms with van der Waals surface area (Å²) >= 11 is 0. The Morgan fingerprint density at radius 3 is 2.11 bits per heavy atom. The monoisotopic (exact) mass is 126 g/mol. The van der Waals surface area contributed by atoms with Crippen LogP contribution in [0, 0.1) is 5.92 Å². The molecule has 0 heterocycles. The summed E-state index contributed by atoms with van der Waals surface area (Å²) in [5, 5.41) is 0. The molecule has 0 aliphatic heterocycles. The van der Waals surface area contributed by atoms with Crippen LogP contribution in [0.3, 0.4) is 0 Å². The summed E-state index contributed by atoms with van der Waals surface area (Å²) in [6, 6.07) is 0.185. The van der Waals surface area contributed by atoms with Gasteiger partial charge in [-0.15, -0.1) is 0 Å². The molecule has 1 nitrogen and oxygen atoms in total. The number of nitrogens with one attached hydrogen (secondary N) is 1. The van der Waals surface area contributed by atoms with E-state index in [9.17, 15) is 0 Å². The fourth-order valence-electron chi connectivity index (χ4n) is 1.63. The van der Waals surface area contributed by atoms with Gasteiger partial charge < -0.3 is 0 Å². The van der Waals surface area contributed by atoms with E-state index in [1.807, 2.05) is 6.92 Å². The van der Waals surface area contributed by atoms with Gasteiger partial charge in [-0.25, -0.2) is 0 Å². The van der Waals surface area contributed by atoms with Gasteiger partial charge in [0, 0.05) is 6.04 Å². The van der Waals surface area contributed by atoms with E-state index in [-0.39, 0.29) is 6.04 Å². The Morgan fingerprint density at radius 1 is 1.22 bits per heavy atom. The molecule has 1 radical (unpaired) electrons. The predicted molar refractivity (Wildman–Crippen MR) is 39.1 cm³/mol. The van der Waals surface area contributed by atoms with Gasteiger partial charge in [0.1, 0.15) is 0 Å². The van der Waals surface area contributed by atoms with Crippen LogP contribution in [-0.2, 0) is 0 Å². The molecule has 53 valence electrons. The Kier molecular flexibility index (Phi) is 2.52. The second kappa shape index (κ2) is 3.21. The highest BCUT2D eigenvalue weighted by Gasteiger charge is 2.16. The molecule has 0 spiro atoms. The van der Waals surface area contributed by atoms with E-state index in [2.05, 4.69) is 0 Å². The first-order valence-electron chi connectivity index (χ1n) is 4.02. The van der Waals surface area contributed by atoms with Gasteiger partial charge in [0.15, 0.2) is 0 Å². The van der Waals surface area contributed by atoms with E-state index < -0.39 is 0 Å². The minimum atomic E-state index is 0.185. The molecule has 1 saturated carbocycles. The first-order valence-corrected chi connectivity index (χ1v) is 4.02. The van der Waals surface area contributed by atoms with Crippen molar-refractivity contribution in [2.45, 2.75) is 45.1 Å². The molecule has 9 heavy (non-hydrogen) atoms. The second-order valence-corrected chi connectivity index (χ2v) is 3.19. The van der Waals surface area contributed by atoms with Gasteiger partial charge in [-0.2, -0.15) is 0 Å². The van der Waals surface area contributed by atoms with Gasteiger partial charge in [0.2, 0.25) is 0 Å². The smallest absolute Gasteiger partial charge is 0.0213 e. The molecule has 0 unspecified atom stereocenters. The van der Waals surface area contributed by atoms with Crippen LogP contribution in [0.25, 0.3) is 0 Å². The van der Waals surface area contributed by atoms with Gasteiger partial charge in [-0.05, 0) is 25.7 Å². The minimum absolute atomic E-state index is 0.185. The van der Waals surface area contributed by atoms with Gasteiger partial charge in [-0.3, -0.25) is 5.73 Å². The number of hydrogen-bond acceptors (Lipinski definition) is 0. The van der Waals surface area contributed by atoms with Crippen molar-refractivity contribution < 1.29 is 0 Å². The van der Waals surface area contributed by atoms with Crippen LogP contribution in [0.5, 0.6) is 0 Å².